The lowest BCUT2D eigenvalue weighted by molar-refractivity contribution is -0.137. The van der Waals surface area contributed by atoms with E-state index in [1.54, 1.807) is 36.4 Å². The van der Waals surface area contributed by atoms with Crippen molar-refractivity contribution in [1.82, 2.24) is 9.97 Å². The molecule has 7 nitrogen and oxygen atoms in total. The second-order valence-corrected chi connectivity index (χ2v) is 8.11. The molecule has 0 aliphatic carbocycles. The molecule has 1 amide bonds. The number of benzene rings is 3. The Hall–Kier alpha value is -4.05. The lowest BCUT2D eigenvalue weighted by Gasteiger charge is -2.29. The zero-order valence-electron chi connectivity index (χ0n) is 18.5. The molecule has 2 heterocycles. The van der Waals surface area contributed by atoms with Crippen LogP contribution in [0.3, 0.4) is 0 Å². The number of ether oxygens (including phenoxy) is 1. The highest BCUT2D eigenvalue weighted by Crippen LogP contribution is 2.40. The summed E-state index contributed by atoms with van der Waals surface area (Å²) in [4.78, 5) is 20.2. The van der Waals surface area contributed by atoms with E-state index in [-0.39, 0.29) is 17.0 Å². The number of aromatic nitrogens is 2. The highest BCUT2D eigenvalue weighted by Gasteiger charge is 2.34. The first-order chi connectivity index (χ1) is 16.9. The van der Waals surface area contributed by atoms with Crippen LogP contribution in [0, 0.1) is 0 Å². The summed E-state index contributed by atoms with van der Waals surface area (Å²) in [7, 11) is 0. The first-order valence-corrected chi connectivity index (χ1v) is 11.0. The first kappa shape index (κ1) is 22.7. The van der Waals surface area contributed by atoms with Crippen molar-refractivity contribution in [2.24, 2.45) is 0 Å². The molecular weight excluding hydrogens is 459 g/mol. The lowest BCUT2D eigenvalue weighted by atomic mass is 9.98. The molecule has 180 valence electrons. The Balaban J connectivity index is 1.49. The van der Waals surface area contributed by atoms with Gasteiger partial charge in [-0.15, -0.1) is 0 Å². The molecule has 3 aromatic carbocycles. The molecule has 1 fully saturated rings. The predicted molar refractivity (Wildman–Crippen MR) is 129 cm³/mol. The Kier molecular flexibility index (Phi) is 6.04. The number of fused-ring (bicyclic) bond motifs is 1. The van der Waals surface area contributed by atoms with Crippen LogP contribution < -0.4 is 15.5 Å². The van der Waals surface area contributed by atoms with Gasteiger partial charge in [0.1, 0.15) is 0 Å². The minimum Gasteiger partial charge on any atom is -0.378 e. The van der Waals surface area contributed by atoms with Crippen molar-refractivity contribution in [3.8, 4) is 11.1 Å². The zero-order chi connectivity index (χ0) is 24.4. The molecule has 0 saturated carbocycles. The maximum Gasteiger partial charge on any atom is 0.417 e. The topological polar surface area (TPSA) is 82.3 Å². The normalized spacial score (nSPS) is 14.2. The van der Waals surface area contributed by atoms with Crippen LogP contribution in [-0.2, 0) is 15.7 Å². The summed E-state index contributed by atoms with van der Waals surface area (Å²) in [6.45, 7) is 2.75. The molecule has 5 rings (SSSR count). The summed E-state index contributed by atoms with van der Waals surface area (Å²) in [5, 5.41) is 5.58. The van der Waals surface area contributed by atoms with Crippen molar-refractivity contribution in [3.63, 3.8) is 0 Å². The molecule has 0 spiro atoms. The van der Waals surface area contributed by atoms with Crippen molar-refractivity contribution in [2.45, 2.75) is 6.18 Å². The Labute approximate surface area is 198 Å². The Morgan fingerprint density at radius 2 is 1.74 bits per heavy atom. The number of amides is 1. The average Bonchev–Trinajstić information content (AvgIpc) is 3.25. The first-order valence-electron chi connectivity index (χ1n) is 11.0. The maximum atomic E-state index is 14.0. The molecule has 0 unspecified atom stereocenters. The molecule has 0 radical (unpaired) electrons. The number of H-pyrrole nitrogens is 1. The van der Waals surface area contributed by atoms with Gasteiger partial charge in [-0.2, -0.15) is 13.2 Å². The standard InChI is InChI=1S/C25H22F3N5O2/c26-25(27,28)21-14-23-22(31-24(32-23)30-18-3-1-2-17(12-18)29-15-34)13-20(21)16-4-6-19(7-5-16)33-8-10-35-11-9-33/h1-7,12-15H,8-11H2,(H,29,34)(H2,30,31,32). The van der Waals surface area contributed by atoms with E-state index in [0.29, 0.717) is 42.1 Å². The van der Waals surface area contributed by atoms with Crippen LogP contribution in [0.5, 0.6) is 0 Å². The summed E-state index contributed by atoms with van der Waals surface area (Å²) >= 11 is 0. The number of nitrogens with one attached hydrogen (secondary N) is 3. The number of rotatable bonds is 6. The van der Waals surface area contributed by atoms with Gasteiger partial charge < -0.3 is 25.3 Å². The Bertz CT molecular complexity index is 1350. The third kappa shape index (κ3) is 4.92. The molecule has 1 aliphatic heterocycles. The summed E-state index contributed by atoms with van der Waals surface area (Å²) in [6.07, 6.45) is -3.98. The van der Waals surface area contributed by atoms with E-state index >= 15 is 0 Å². The fourth-order valence-electron chi connectivity index (χ4n) is 4.15. The number of halogens is 3. The van der Waals surface area contributed by atoms with E-state index in [4.69, 9.17) is 4.74 Å². The third-order valence-electron chi connectivity index (χ3n) is 5.83. The Morgan fingerprint density at radius 3 is 2.46 bits per heavy atom. The predicted octanol–water partition coefficient (Wildman–Crippen LogP) is 5.40. The van der Waals surface area contributed by atoms with Gasteiger partial charge in [-0.25, -0.2) is 4.98 Å². The van der Waals surface area contributed by atoms with Crippen molar-refractivity contribution < 1.29 is 22.7 Å². The van der Waals surface area contributed by atoms with Crippen LogP contribution in [0.25, 0.3) is 22.2 Å². The molecule has 0 bridgehead atoms. The Morgan fingerprint density at radius 1 is 1.00 bits per heavy atom. The summed E-state index contributed by atoms with van der Waals surface area (Å²) in [5.41, 5.74) is 2.58. The highest BCUT2D eigenvalue weighted by atomic mass is 19.4. The highest BCUT2D eigenvalue weighted by molar-refractivity contribution is 5.87. The molecule has 1 saturated heterocycles. The van der Waals surface area contributed by atoms with E-state index < -0.39 is 11.7 Å². The number of morpholine rings is 1. The van der Waals surface area contributed by atoms with Crippen LogP contribution in [0.4, 0.5) is 36.2 Å². The van der Waals surface area contributed by atoms with Gasteiger partial charge in [0, 0.05) is 30.2 Å². The molecule has 1 aliphatic rings. The van der Waals surface area contributed by atoms with Gasteiger partial charge in [0.25, 0.3) is 0 Å². The fourth-order valence-corrected chi connectivity index (χ4v) is 4.15. The molecule has 35 heavy (non-hydrogen) atoms. The average molecular weight is 481 g/mol. The van der Waals surface area contributed by atoms with E-state index in [9.17, 15) is 18.0 Å². The van der Waals surface area contributed by atoms with Crippen molar-refractivity contribution >= 4 is 40.5 Å². The maximum absolute atomic E-state index is 14.0. The number of carbonyl (C=O) groups is 1. The SMILES string of the molecule is O=CNc1cccc(Nc2nc3cc(-c4ccc(N5CCOCC5)cc4)c(C(F)(F)F)cc3[nH]2)c1. The second kappa shape index (κ2) is 9.30. The van der Waals surface area contributed by atoms with Gasteiger partial charge >= 0.3 is 6.18 Å². The summed E-state index contributed by atoms with van der Waals surface area (Å²) < 4.78 is 47.4. The monoisotopic (exact) mass is 481 g/mol. The summed E-state index contributed by atoms with van der Waals surface area (Å²) in [6, 6.07) is 16.5. The fraction of sp³-hybridized carbons (Fsp3) is 0.200. The molecule has 4 aromatic rings. The molecular formula is C25H22F3N5O2. The largest absolute Gasteiger partial charge is 0.417 e. The summed E-state index contributed by atoms with van der Waals surface area (Å²) in [5.74, 6) is 0.288. The van der Waals surface area contributed by atoms with Crippen molar-refractivity contribution in [1.29, 1.82) is 0 Å². The van der Waals surface area contributed by atoms with E-state index in [1.807, 2.05) is 12.1 Å². The van der Waals surface area contributed by atoms with Crippen LogP contribution in [0.2, 0.25) is 0 Å². The number of imidazole rings is 1. The minimum absolute atomic E-state index is 0.0637. The number of alkyl halides is 3. The number of nitrogens with zero attached hydrogens (tertiary/aromatic N) is 2. The van der Waals surface area contributed by atoms with Crippen LogP contribution in [0.1, 0.15) is 5.56 Å². The number of hydrogen-bond donors (Lipinski definition) is 3. The van der Waals surface area contributed by atoms with Crippen LogP contribution in [-0.4, -0.2) is 42.7 Å². The quantitative estimate of drug-likeness (QED) is 0.322. The number of carbonyl (C=O) groups excluding carboxylic acids is 1. The van der Waals surface area contributed by atoms with Gasteiger partial charge in [-0.3, -0.25) is 4.79 Å². The van der Waals surface area contributed by atoms with E-state index in [2.05, 4.69) is 25.5 Å². The lowest BCUT2D eigenvalue weighted by Crippen LogP contribution is -2.36. The number of hydrogen-bond acceptors (Lipinski definition) is 5. The molecule has 1 aromatic heterocycles. The minimum atomic E-state index is -4.54. The van der Waals surface area contributed by atoms with Gasteiger partial charge in [0.05, 0.1) is 29.8 Å². The van der Waals surface area contributed by atoms with Crippen molar-refractivity contribution in [3.05, 3.63) is 66.2 Å². The van der Waals surface area contributed by atoms with Gasteiger partial charge in [0.15, 0.2) is 0 Å². The molecule has 10 heteroatoms. The van der Waals surface area contributed by atoms with E-state index in [0.717, 1.165) is 24.8 Å². The van der Waals surface area contributed by atoms with Crippen LogP contribution in [0.15, 0.2) is 60.7 Å². The molecule has 0 atom stereocenters. The van der Waals surface area contributed by atoms with E-state index in [1.165, 1.54) is 6.07 Å². The molecule has 3 N–H and O–H groups in total. The number of aromatic amines is 1. The van der Waals surface area contributed by atoms with Gasteiger partial charge in [0.2, 0.25) is 12.4 Å². The smallest absolute Gasteiger partial charge is 0.378 e. The van der Waals surface area contributed by atoms with Gasteiger partial charge in [-0.1, -0.05) is 18.2 Å². The van der Waals surface area contributed by atoms with Gasteiger partial charge in [-0.05, 0) is 53.6 Å². The number of anilines is 4. The zero-order valence-corrected chi connectivity index (χ0v) is 18.5. The second-order valence-electron chi connectivity index (χ2n) is 8.11. The van der Waals surface area contributed by atoms with Crippen molar-refractivity contribution in [2.75, 3.05) is 41.8 Å². The third-order valence-corrected chi connectivity index (χ3v) is 5.83. The van der Waals surface area contributed by atoms with Crippen LogP contribution >= 0.6 is 0 Å².